The second-order valence-electron chi connectivity index (χ2n) is 1.29. The van der Waals surface area contributed by atoms with E-state index in [4.69, 9.17) is 23.2 Å². The van der Waals surface area contributed by atoms with Gasteiger partial charge < -0.3 is 4.74 Å². The summed E-state index contributed by atoms with van der Waals surface area (Å²) in [5.74, 6) is 0. The van der Waals surface area contributed by atoms with Crippen molar-refractivity contribution in [2.24, 2.45) is 4.99 Å². The molecule has 0 spiro atoms. The summed E-state index contributed by atoms with van der Waals surface area (Å²) in [6, 6.07) is 0. The van der Waals surface area contributed by atoms with E-state index in [2.05, 4.69) is 9.73 Å². The predicted octanol–water partition coefficient (Wildman–Crippen LogP) is 2.33. The molecular weight excluding hydrogens is 161 g/mol. The molecule has 0 bridgehead atoms. The zero-order chi connectivity index (χ0) is 7.28. The Morgan fingerprint density at radius 3 is 2.44 bits per heavy atom. The van der Waals surface area contributed by atoms with E-state index in [1.54, 1.807) is 6.92 Å². The van der Waals surface area contributed by atoms with E-state index in [9.17, 15) is 0 Å². The Morgan fingerprint density at radius 2 is 2.11 bits per heavy atom. The van der Waals surface area contributed by atoms with E-state index < -0.39 is 0 Å². The van der Waals surface area contributed by atoms with Crippen molar-refractivity contribution < 1.29 is 4.74 Å². The van der Waals surface area contributed by atoms with Gasteiger partial charge in [0.05, 0.1) is 7.11 Å². The smallest absolute Gasteiger partial charge is 0.164 e. The van der Waals surface area contributed by atoms with Crippen LogP contribution >= 0.6 is 23.2 Å². The van der Waals surface area contributed by atoms with E-state index in [1.807, 2.05) is 0 Å². The van der Waals surface area contributed by atoms with Gasteiger partial charge in [-0.2, -0.15) is 0 Å². The zero-order valence-corrected chi connectivity index (χ0v) is 6.70. The molecule has 0 amide bonds. The SMILES string of the molecule is CO/C=C(Cl)\N=C(/C)Cl. The quantitative estimate of drug-likeness (QED) is 0.352. The third-order valence-corrected chi connectivity index (χ3v) is 0.734. The van der Waals surface area contributed by atoms with Crippen LogP contribution in [0.5, 0.6) is 0 Å². The van der Waals surface area contributed by atoms with Gasteiger partial charge in [0.25, 0.3) is 0 Å². The molecule has 0 aliphatic heterocycles. The van der Waals surface area contributed by atoms with E-state index in [1.165, 1.54) is 13.4 Å². The minimum absolute atomic E-state index is 0.241. The highest BCUT2D eigenvalue weighted by molar-refractivity contribution is 6.65. The van der Waals surface area contributed by atoms with Gasteiger partial charge in [-0.05, 0) is 6.92 Å². The number of hydrogen-bond donors (Lipinski definition) is 0. The van der Waals surface area contributed by atoms with Crippen LogP contribution in [-0.2, 0) is 4.74 Å². The lowest BCUT2D eigenvalue weighted by atomic mass is 10.8. The topological polar surface area (TPSA) is 21.6 Å². The average Bonchev–Trinajstić information content (AvgIpc) is 1.63. The minimum atomic E-state index is 0.241. The van der Waals surface area contributed by atoms with Crippen molar-refractivity contribution in [3.05, 3.63) is 11.4 Å². The van der Waals surface area contributed by atoms with Gasteiger partial charge in [0, 0.05) is 0 Å². The van der Waals surface area contributed by atoms with Gasteiger partial charge in [0.2, 0.25) is 0 Å². The third-order valence-electron chi connectivity index (χ3n) is 0.476. The highest BCUT2D eigenvalue weighted by Crippen LogP contribution is 2.03. The molecule has 0 aliphatic rings. The Bertz CT molecular complexity index is 138. The summed E-state index contributed by atoms with van der Waals surface area (Å²) >= 11 is 10.8. The highest BCUT2D eigenvalue weighted by atomic mass is 35.5. The molecule has 0 atom stereocenters. The van der Waals surface area contributed by atoms with Crippen molar-refractivity contribution >= 4 is 28.4 Å². The maximum atomic E-state index is 5.44. The molecular formula is C5H7Cl2NO. The van der Waals surface area contributed by atoms with Gasteiger partial charge in [-0.3, -0.25) is 0 Å². The molecule has 0 saturated heterocycles. The summed E-state index contributed by atoms with van der Waals surface area (Å²) in [4.78, 5) is 3.65. The third kappa shape index (κ3) is 5.66. The van der Waals surface area contributed by atoms with Crippen molar-refractivity contribution in [1.29, 1.82) is 0 Å². The first-order chi connectivity index (χ1) is 4.16. The van der Waals surface area contributed by atoms with Crippen molar-refractivity contribution in [2.45, 2.75) is 6.92 Å². The molecule has 2 nitrogen and oxygen atoms in total. The summed E-state index contributed by atoms with van der Waals surface area (Å²) in [6.07, 6.45) is 1.30. The number of hydrogen-bond acceptors (Lipinski definition) is 2. The summed E-state index contributed by atoms with van der Waals surface area (Å²) in [5.41, 5.74) is 0. The number of ether oxygens (including phenoxy) is 1. The van der Waals surface area contributed by atoms with E-state index in [0.717, 1.165) is 0 Å². The predicted molar refractivity (Wildman–Crippen MR) is 39.9 cm³/mol. The summed E-state index contributed by atoms with van der Waals surface area (Å²) in [6.45, 7) is 1.63. The Labute approximate surface area is 64.1 Å². The first-order valence-electron chi connectivity index (χ1n) is 2.26. The van der Waals surface area contributed by atoms with Crippen LogP contribution in [0, 0.1) is 0 Å². The van der Waals surface area contributed by atoms with Gasteiger partial charge in [-0.15, -0.1) is 0 Å². The van der Waals surface area contributed by atoms with Crippen LogP contribution in [-0.4, -0.2) is 12.3 Å². The van der Waals surface area contributed by atoms with Crippen LogP contribution < -0.4 is 0 Å². The van der Waals surface area contributed by atoms with Crippen molar-refractivity contribution in [1.82, 2.24) is 0 Å². The van der Waals surface area contributed by atoms with Crippen LogP contribution in [0.4, 0.5) is 0 Å². The second-order valence-corrected chi connectivity index (χ2v) is 2.22. The molecule has 0 aromatic heterocycles. The van der Waals surface area contributed by atoms with Crippen LogP contribution in [0.1, 0.15) is 6.92 Å². The van der Waals surface area contributed by atoms with E-state index in [-0.39, 0.29) is 5.16 Å². The standard InChI is InChI=1S/C5H7Cl2NO/c1-4(6)8-5(7)3-9-2/h3H,1-2H3/b5-3-,8-4+. The van der Waals surface area contributed by atoms with Gasteiger partial charge in [-0.25, -0.2) is 4.99 Å². The van der Waals surface area contributed by atoms with Gasteiger partial charge in [-0.1, -0.05) is 23.2 Å². The van der Waals surface area contributed by atoms with Gasteiger partial charge >= 0.3 is 0 Å². The lowest BCUT2D eigenvalue weighted by Crippen LogP contribution is -1.76. The van der Waals surface area contributed by atoms with Gasteiger partial charge in [0.15, 0.2) is 5.16 Å². The molecule has 0 aliphatic carbocycles. The Hall–Kier alpha value is -0.210. The summed E-state index contributed by atoms with van der Waals surface area (Å²) in [7, 11) is 1.49. The highest BCUT2D eigenvalue weighted by Gasteiger charge is 1.86. The number of methoxy groups -OCH3 is 1. The molecule has 0 N–H and O–H groups in total. The zero-order valence-electron chi connectivity index (χ0n) is 5.19. The second kappa shape index (κ2) is 4.65. The minimum Gasteiger partial charge on any atom is -0.501 e. The summed E-state index contributed by atoms with van der Waals surface area (Å²) in [5, 5.41) is 0.623. The Morgan fingerprint density at radius 1 is 1.56 bits per heavy atom. The van der Waals surface area contributed by atoms with Crippen LogP contribution in [0.2, 0.25) is 0 Å². The molecule has 9 heavy (non-hydrogen) atoms. The maximum Gasteiger partial charge on any atom is 0.164 e. The van der Waals surface area contributed by atoms with Crippen LogP contribution in [0.15, 0.2) is 16.4 Å². The largest absolute Gasteiger partial charge is 0.501 e. The molecule has 0 aromatic carbocycles. The molecule has 0 rings (SSSR count). The molecule has 0 fully saturated rings. The first-order valence-corrected chi connectivity index (χ1v) is 3.01. The molecule has 0 aromatic rings. The number of nitrogens with zero attached hydrogens (tertiary/aromatic N) is 1. The summed E-state index contributed by atoms with van der Waals surface area (Å²) < 4.78 is 4.54. The fraction of sp³-hybridized carbons (Fsp3) is 0.400. The lowest BCUT2D eigenvalue weighted by Gasteiger charge is -1.88. The maximum absolute atomic E-state index is 5.44. The first kappa shape index (κ1) is 8.79. The normalized spacial score (nSPS) is 13.8. The molecule has 0 radical (unpaired) electrons. The average molecular weight is 168 g/mol. The van der Waals surface area contributed by atoms with E-state index in [0.29, 0.717) is 5.17 Å². The van der Waals surface area contributed by atoms with Crippen molar-refractivity contribution in [3.63, 3.8) is 0 Å². The van der Waals surface area contributed by atoms with Gasteiger partial charge in [0.1, 0.15) is 11.4 Å². The fourth-order valence-electron chi connectivity index (χ4n) is 0.271. The lowest BCUT2D eigenvalue weighted by molar-refractivity contribution is 0.336. The van der Waals surface area contributed by atoms with Crippen LogP contribution in [0.25, 0.3) is 0 Å². The number of aliphatic imine (C=N–C) groups is 1. The molecule has 0 saturated carbocycles. The van der Waals surface area contributed by atoms with E-state index >= 15 is 0 Å². The van der Waals surface area contributed by atoms with Crippen molar-refractivity contribution in [3.8, 4) is 0 Å². The molecule has 52 valence electrons. The monoisotopic (exact) mass is 167 g/mol. The molecule has 4 heteroatoms. The molecule has 0 unspecified atom stereocenters. The Kier molecular flexibility index (Phi) is 4.54. The van der Waals surface area contributed by atoms with Crippen molar-refractivity contribution in [2.75, 3.05) is 7.11 Å². The number of rotatable bonds is 2. The molecule has 0 heterocycles. The Balaban J connectivity index is 3.90. The van der Waals surface area contributed by atoms with Crippen LogP contribution in [0.3, 0.4) is 0 Å². The fourth-order valence-corrected chi connectivity index (χ4v) is 0.621. The number of halogens is 2.